The van der Waals surface area contributed by atoms with Gasteiger partial charge in [-0.1, -0.05) is 19.1 Å². The number of hydrogen-bond donors (Lipinski definition) is 2. The molecule has 1 aromatic carbocycles. The van der Waals surface area contributed by atoms with Crippen molar-refractivity contribution in [1.82, 2.24) is 15.3 Å². The summed E-state index contributed by atoms with van der Waals surface area (Å²) >= 11 is 5.45. The first-order chi connectivity index (χ1) is 14.6. The van der Waals surface area contributed by atoms with Crippen LogP contribution in [0.3, 0.4) is 0 Å². The Bertz CT molecular complexity index is 868. The van der Waals surface area contributed by atoms with Crippen LogP contribution in [-0.2, 0) is 6.54 Å². The van der Waals surface area contributed by atoms with E-state index in [-0.39, 0.29) is 5.82 Å². The van der Waals surface area contributed by atoms with Gasteiger partial charge in [-0.05, 0) is 61.5 Å². The largest absolute Gasteiger partial charge is 0.358 e. The summed E-state index contributed by atoms with van der Waals surface area (Å²) in [5.74, 6) is 2.86. The third kappa shape index (κ3) is 5.36. The number of hydrogen-bond acceptors (Lipinski definition) is 5. The average molecular weight is 429 g/mol. The first-order valence-electron chi connectivity index (χ1n) is 10.7. The second-order valence-corrected chi connectivity index (χ2v) is 8.64. The van der Waals surface area contributed by atoms with Crippen LogP contribution >= 0.6 is 12.2 Å². The van der Waals surface area contributed by atoms with E-state index in [0.717, 1.165) is 43.4 Å². The maximum Gasteiger partial charge on any atom is 0.232 e. The Labute approximate surface area is 182 Å². The first kappa shape index (κ1) is 20.8. The molecule has 1 aromatic heterocycles. The van der Waals surface area contributed by atoms with Crippen LogP contribution in [-0.4, -0.2) is 41.3 Å². The summed E-state index contributed by atoms with van der Waals surface area (Å²) < 4.78 is 13.1. The SMILES string of the molecule is C[C@@H]1CCCN(c2cc(N3CCCC3)nc(NC(=S)NCc3ccc(F)cc3)n2)C1. The number of nitrogens with zero attached hydrogens (tertiary/aromatic N) is 4. The monoisotopic (exact) mass is 428 g/mol. The maximum atomic E-state index is 13.1. The topological polar surface area (TPSA) is 56.3 Å². The number of halogens is 1. The van der Waals surface area contributed by atoms with Crippen LogP contribution in [0.5, 0.6) is 0 Å². The minimum Gasteiger partial charge on any atom is -0.358 e. The van der Waals surface area contributed by atoms with Gasteiger partial charge in [-0.3, -0.25) is 0 Å². The normalized spacial score (nSPS) is 19.1. The molecule has 0 radical (unpaired) electrons. The van der Waals surface area contributed by atoms with Gasteiger partial charge in [0, 0.05) is 38.8 Å². The number of aromatic nitrogens is 2. The summed E-state index contributed by atoms with van der Waals surface area (Å²) in [6.07, 6.45) is 4.84. The van der Waals surface area contributed by atoms with E-state index in [2.05, 4.69) is 33.4 Å². The predicted octanol–water partition coefficient (Wildman–Crippen LogP) is 3.94. The third-order valence-corrected chi connectivity index (χ3v) is 5.95. The highest BCUT2D eigenvalue weighted by atomic mass is 32.1. The molecule has 2 fully saturated rings. The van der Waals surface area contributed by atoms with Crippen molar-refractivity contribution < 1.29 is 4.39 Å². The smallest absolute Gasteiger partial charge is 0.232 e. The molecule has 1 atom stereocenters. The molecule has 160 valence electrons. The molecule has 2 N–H and O–H groups in total. The van der Waals surface area contributed by atoms with Gasteiger partial charge < -0.3 is 20.4 Å². The zero-order chi connectivity index (χ0) is 20.9. The molecule has 6 nitrogen and oxygen atoms in total. The molecule has 4 rings (SSSR count). The second kappa shape index (κ2) is 9.55. The van der Waals surface area contributed by atoms with Gasteiger partial charge in [0.2, 0.25) is 5.95 Å². The number of thiocarbonyl (C=S) groups is 1. The zero-order valence-electron chi connectivity index (χ0n) is 17.4. The highest BCUT2D eigenvalue weighted by Gasteiger charge is 2.22. The lowest BCUT2D eigenvalue weighted by Gasteiger charge is -2.32. The summed E-state index contributed by atoms with van der Waals surface area (Å²) in [4.78, 5) is 14.2. The van der Waals surface area contributed by atoms with Crippen molar-refractivity contribution in [2.45, 2.75) is 39.2 Å². The molecule has 0 aliphatic carbocycles. The Morgan fingerprint density at radius 1 is 1.07 bits per heavy atom. The van der Waals surface area contributed by atoms with Gasteiger partial charge in [0.1, 0.15) is 17.5 Å². The maximum absolute atomic E-state index is 13.1. The van der Waals surface area contributed by atoms with Crippen LogP contribution in [0.1, 0.15) is 38.2 Å². The average Bonchev–Trinajstić information content (AvgIpc) is 3.28. The molecule has 0 bridgehead atoms. The number of piperidine rings is 1. The van der Waals surface area contributed by atoms with Gasteiger partial charge in [-0.2, -0.15) is 9.97 Å². The van der Waals surface area contributed by atoms with Crippen LogP contribution in [0.2, 0.25) is 0 Å². The van der Waals surface area contributed by atoms with Gasteiger partial charge in [0.05, 0.1) is 0 Å². The van der Waals surface area contributed by atoms with E-state index in [1.807, 2.05) is 0 Å². The van der Waals surface area contributed by atoms with Crippen molar-refractivity contribution in [3.8, 4) is 0 Å². The van der Waals surface area contributed by atoms with E-state index < -0.39 is 0 Å². The van der Waals surface area contributed by atoms with Gasteiger partial charge in [0.15, 0.2) is 5.11 Å². The van der Waals surface area contributed by atoms with Crippen LogP contribution in [0.25, 0.3) is 0 Å². The minimum atomic E-state index is -0.244. The van der Waals surface area contributed by atoms with Crippen LogP contribution < -0.4 is 20.4 Å². The Hall–Kier alpha value is -2.48. The molecule has 2 aromatic rings. The number of anilines is 3. The summed E-state index contributed by atoms with van der Waals surface area (Å²) in [5.41, 5.74) is 0.954. The molecular formula is C22H29FN6S. The lowest BCUT2D eigenvalue weighted by Crippen LogP contribution is -2.35. The molecule has 3 heterocycles. The van der Waals surface area contributed by atoms with Gasteiger partial charge in [0.25, 0.3) is 0 Å². The Morgan fingerprint density at radius 3 is 2.43 bits per heavy atom. The van der Waals surface area contributed by atoms with Gasteiger partial charge in [-0.25, -0.2) is 4.39 Å². The lowest BCUT2D eigenvalue weighted by atomic mass is 10.0. The highest BCUT2D eigenvalue weighted by Crippen LogP contribution is 2.27. The van der Waals surface area contributed by atoms with E-state index in [1.165, 1.54) is 37.8 Å². The molecule has 0 amide bonds. The fourth-order valence-corrected chi connectivity index (χ4v) is 4.24. The van der Waals surface area contributed by atoms with Crippen molar-refractivity contribution in [3.05, 3.63) is 41.7 Å². The molecular weight excluding hydrogens is 399 g/mol. The third-order valence-electron chi connectivity index (χ3n) is 5.70. The minimum absolute atomic E-state index is 0.244. The molecule has 0 spiro atoms. The van der Waals surface area contributed by atoms with E-state index in [1.54, 1.807) is 12.1 Å². The Balaban J connectivity index is 1.47. The first-order valence-corrected chi connectivity index (χ1v) is 11.2. The summed E-state index contributed by atoms with van der Waals surface area (Å²) in [5, 5.41) is 6.76. The van der Waals surface area contributed by atoms with Crippen LogP contribution in [0, 0.1) is 11.7 Å². The molecule has 0 unspecified atom stereocenters. The molecule has 0 saturated carbocycles. The number of rotatable bonds is 5. The van der Waals surface area contributed by atoms with E-state index >= 15 is 0 Å². The molecule has 30 heavy (non-hydrogen) atoms. The number of benzene rings is 1. The van der Waals surface area contributed by atoms with Gasteiger partial charge >= 0.3 is 0 Å². The van der Waals surface area contributed by atoms with Crippen LogP contribution in [0.4, 0.5) is 22.0 Å². The standard InChI is InChI=1S/C22H29FN6S/c1-16-5-4-12-29(15-16)20-13-19(28-10-2-3-11-28)25-21(26-20)27-22(30)24-14-17-6-8-18(23)9-7-17/h6-9,13,16H,2-5,10-12,14-15H2,1H3,(H2,24,25,26,27,30)/t16-/m1/s1. The summed E-state index contributed by atoms with van der Waals surface area (Å²) in [6.45, 7) is 6.90. The summed E-state index contributed by atoms with van der Waals surface area (Å²) in [6, 6.07) is 8.49. The Morgan fingerprint density at radius 2 is 1.73 bits per heavy atom. The Kier molecular flexibility index (Phi) is 6.62. The fourth-order valence-electron chi connectivity index (χ4n) is 4.08. The zero-order valence-corrected chi connectivity index (χ0v) is 18.2. The van der Waals surface area contributed by atoms with Gasteiger partial charge in [-0.15, -0.1) is 0 Å². The van der Waals surface area contributed by atoms with Crippen molar-refractivity contribution in [2.75, 3.05) is 41.3 Å². The molecule has 2 aliphatic heterocycles. The van der Waals surface area contributed by atoms with E-state index in [9.17, 15) is 4.39 Å². The van der Waals surface area contributed by atoms with Crippen molar-refractivity contribution >= 4 is 34.9 Å². The van der Waals surface area contributed by atoms with Crippen molar-refractivity contribution in [1.29, 1.82) is 0 Å². The molecule has 8 heteroatoms. The predicted molar refractivity (Wildman–Crippen MR) is 124 cm³/mol. The number of nitrogens with one attached hydrogen (secondary N) is 2. The highest BCUT2D eigenvalue weighted by molar-refractivity contribution is 7.80. The van der Waals surface area contributed by atoms with E-state index in [0.29, 0.717) is 23.5 Å². The fraction of sp³-hybridized carbons (Fsp3) is 0.500. The van der Waals surface area contributed by atoms with Crippen molar-refractivity contribution in [2.24, 2.45) is 5.92 Å². The second-order valence-electron chi connectivity index (χ2n) is 8.23. The lowest BCUT2D eigenvalue weighted by molar-refractivity contribution is 0.444. The quantitative estimate of drug-likeness (QED) is 0.700. The van der Waals surface area contributed by atoms with E-state index in [4.69, 9.17) is 22.2 Å². The molecule has 2 saturated heterocycles. The molecule has 2 aliphatic rings. The van der Waals surface area contributed by atoms with Crippen LogP contribution in [0.15, 0.2) is 30.3 Å². The van der Waals surface area contributed by atoms with Crippen molar-refractivity contribution in [3.63, 3.8) is 0 Å². The summed E-state index contributed by atoms with van der Waals surface area (Å²) in [7, 11) is 0.